The molecule has 20 heavy (non-hydrogen) atoms. The van der Waals surface area contributed by atoms with Crippen molar-refractivity contribution < 1.29 is 14.9 Å². The summed E-state index contributed by atoms with van der Waals surface area (Å²) in [6, 6.07) is 0.202. The van der Waals surface area contributed by atoms with Gasteiger partial charge in [0, 0.05) is 25.8 Å². The normalized spacial score (nSPS) is 16.1. The molecule has 0 aromatic rings. The minimum Gasteiger partial charge on any atom is -0.396 e. The Kier molecular flexibility index (Phi) is 13.7. The molecular formula is C16H35NO3. The van der Waals surface area contributed by atoms with Crippen LogP contribution in [0.5, 0.6) is 0 Å². The van der Waals surface area contributed by atoms with Gasteiger partial charge in [0.1, 0.15) is 0 Å². The van der Waals surface area contributed by atoms with Crippen molar-refractivity contribution in [2.24, 2.45) is 5.92 Å². The quantitative estimate of drug-likeness (QED) is 0.430. The van der Waals surface area contributed by atoms with Crippen molar-refractivity contribution in [3.05, 3.63) is 0 Å². The molecular weight excluding hydrogens is 254 g/mol. The fraction of sp³-hybridized carbons (Fsp3) is 1.00. The Balaban J connectivity index is 3.34. The van der Waals surface area contributed by atoms with Crippen LogP contribution < -0.4 is 5.32 Å². The first kappa shape index (κ1) is 19.8. The van der Waals surface area contributed by atoms with E-state index in [-0.39, 0.29) is 18.6 Å². The largest absolute Gasteiger partial charge is 0.396 e. The highest BCUT2D eigenvalue weighted by molar-refractivity contribution is 4.69. The number of aliphatic hydroxyl groups is 2. The van der Waals surface area contributed by atoms with Crippen LogP contribution in [-0.2, 0) is 4.74 Å². The summed E-state index contributed by atoms with van der Waals surface area (Å²) in [6.45, 7) is 8.04. The van der Waals surface area contributed by atoms with Gasteiger partial charge in [0.05, 0.1) is 12.7 Å². The summed E-state index contributed by atoms with van der Waals surface area (Å²) >= 11 is 0. The molecule has 0 spiro atoms. The van der Waals surface area contributed by atoms with Crippen molar-refractivity contribution in [2.75, 3.05) is 26.4 Å². The van der Waals surface area contributed by atoms with Crippen LogP contribution in [0.25, 0.3) is 0 Å². The predicted octanol–water partition coefficient (Wildman–Crippen LogP) is 2.33. The second-order valence-electron chi connectivity index (χ2n) is 5.85. The molecule has 4 heteroatoms. The van der Waals surface area contributed by atoms with Gasteiger partial charge in [0.25, 0.3) is 0 Å². The first-order valence-corrected chi connectivity index (χ1v) is 8.21. The van der Waals surface area contributed by atoms with Gasteiger partial charge >= 0.3 is 0 Å². The molecule has 0 rings (SSSR count). The Bertz CT molecular complexity index is 202. The van der Waals surface area contributed by atoms with Crippen LogP contribution in [0, 0.1) is 5.92 Å². The summed E-state index contributed by atoms with van der Waals surface area (Å²) in [6.07, 6.45) is 7.06. The molecule has 0 aromatic carbocycles. The molecule has 0 aromatic heterocycles. The average Bonchev–Trinajstić information content (AvgIpc) is 2.46. The van der Waals surface area contributed by atoms with E-state index in [9.17, 15) is 5.11 Å². The number of hydrogen-bond donors (Lipinski definition) is 3. The number of rotatable bonds is 14. The Labute approximate surface area is 124 Å². The summed E-state index contributed by atoms with van der Waals surface area (Å²) in [5.74, 6) is 0.200. The zero-order chi connectivity index (χ0) is 15.2. The first-order chi connectivity index (χ1) is 9.61. The molecule has 4 nitrogen and oxygen atoms in total. The van der Waals surface area contributed by atoms with Crippen LogP contribution in [0.4, 0.5) is 0 Å². The molecule has 0 aliphatic carbocycles. The lowest BCUT2D eigenvalue weighted by Gasteiger charge is -2.21. The van der Waals surface area contributed by atoms with E-state index in [0.29, 0.717) is 13.2 Å². The summed E-state index contributed by atoms with van der Waals surface area (Å²) in [7, 11) is 0. The van der Waals surface area contributed by atoms with Crippen molar-refractivity contribution in [1.29, 1.82) is 0 Å². The minimum absolute atomic E-state index is 0.165. The minimum atomic E-state index is -0.469. The smallest absolute Gasteiger partial charge is 0.0897 e. The maximum atomic E-state index is 9.78. The van der Waals surface area contributed by atoms with Crippen molar-refractivity contribution in [2.45, 2.75) is 71.4 Å². The third kappa shape index (κ3) is 11.6. The van der Waals surface area contributed by atoms with Crippen LogP contribution in [-0.4, -0.2) is 48.7 Å². The Morgan fingerprint density at radius 3 is 2.35 bits per heavy atom. The SMILES string of the molecule is CCCCCCCCOCC(O)CNC(C)C(C)CO. The molecule has 0 amide bonds. The van der Waals surface area contributed by atoms with E-state index in [0.717, 1.165) is 13.0 Å². The highest BCUT2D eigenvalue weighted by atomic mass is 16.5. The van der Waals surface area contributed by atoms with Gasteiger partial charge in [-0.2, -0.15) is 0 Å². The van der Waals surface area contributed by atoms with E-state index in [1.165, 1.54) is 32.1 Å². The van der Waals surface area contributed by atoms with Crippen molar-refractivity contribution >= 4 is 0 Å². The van der Waals surface area contributed by atoms with E-state index in [1.54, 1.807) is 0 Å². The molecule has 0 fully saturated rings. The average molecular weight is 289 g/mol. The van der Waals surface area contributed by atoms with Crippen LogP contribution in [0.15, 0.2) is 0 Å². The van der Waals surface area contributed by atoms with Gasteiger partial charge in [-0.3, -0.25) is 0 Å². The van der Waals surface area contributed by atoms with E-state index in [4.69, 9.17) is 9.84 Å². The Morgan fingerprint density at radius 2 is 1.70 bits per heavy atom. The molecule has 0 aliphatic heterocycles. The van der Waals surface area contributed by atoms with Crippen LogP contribution >= 0.6 is 0 Å². The fourth-order valence-corrected chi connectivity index (χ4v) is 1.94. The highest BCUT2D eigenvalue weighted by Gasteiger charge is 2.12. The Hall–Kier alpha value is -0.160. The zero-order valence-electron chi connectivity index (χ0n) is 13.6. The van der Waals surface area contributed by atoms with Gasteiger partial charge in [0.2, 0.25) is 0 Å². The third-order valence-corrected chi connectivity index (χ3v) is 3.77. The van der Waals surface area contributed by atoms with Crippen LogP contribution in [0.3, 0.4) is 0 Å². The van der Waals surface area contributed by atoms with Crippen molar-refractivity contribution in [3.8, 4) is 0 Å². The Morgan fingerprint density at radius 1 is 1.05 bits per heavy atom. The topological polar surface area (TPSA) is 61.7 Å². The second kappa shape index (κ2) is 13.8. The lowest BCUT2D eigenvalue weighted by Crippen LogP contribution is -2.40. The molecule has 122 valence electrons. The molecule has 0 aliphatic rings. The lowest BCUT2D eigenvalue weighted by atomic mass is 10.1. The summed E-state index contributed by atoms with van der Waals surface area (Å²) in [4.78, 5) is 0. The number of nitrogens with one attached hydrogen (secondary N) is 1. The van der Waals surface area contributed by atoms with Gasteiger partial charge in [-0.05, 0) is 19.3 Å². The van der Waals surface area contributed by atoms with E-state index < -0.39 is 6.10 Å². The van der Waals surface area contributed by atoms with Gasteiger partial charge < -0.3 is 20.3 Å². The van der Waals surface area contributed by atoms with Crippen molar-refractivity contribution in [3.63, 3.8) is 0 Å². The number of unbranched alkanes of at least 4 members (excludes halogenated alkanes) is 5. The van der Waals surface area contributed by atoms with E-state index in [2.05, 4.69) is 12.2 Å². The molecule has 0 saturated carbocycles. The second-order valence-corrected chi connectivity index (χ2v) is 5.85. The maximum absolute atomic E-state index is 9.78. The van der Waals surface area contributed by atoms with Gasteiger partial charge in [-0.1, -0.05) is 46.0 Å². The van der Waals surface area contributed by atoms with E-state index in [1.807, 2.05) is 13.8 Å². The van der Waals surface area contributed by atoms with Crippen LogP contribution in [0.1, 0.15) is 59.3 Å². The van der Waals surface area contributed by atoms with Gasteiger partial charge in [0.15, 0.2) is 0 Å². The maximum Gasteiger partial charge on any atom is 0.0897 e. The molecule has 0 radical (unpaired) electrons. The molecule has 0 saturated heterocycles. The number of aliphatic hydroxyl groups excluding tert-OH is 2. The van der Waals surface area contributed by atoms with E-state index >= 15 is 0 Å². The lowest BCUT2D eigenvalue weighted by molar-refractivity contribution is 0.0329. The summed E-state index contributed by atoms with van der Waals surface area (Å²) in [5, 5.41) is 22.0. The molecule has 3 N–H and O–H groups in total. The van der Waals surface area contributed by atoms with Gasteiger partial charge in [-0.25, -0.2) is 0 Å². The predicted molar refractivity (Wildman–Crippen MR) is 83.9 cm³/mol. The molecule has 0 heterocycles. The van der Waals surface area contributed by atoms with Gasteiger partial charge in [-0.15, -0.1) is 0 Å². The standard InChI is InChI=1S/C16H35NO3/c1-4-5-6-7-8-9-10-20-13-16(19)11-17-15(3)14(2)12-18/h14-19H,4-13H2,1-3H3. The zero-order valence-corrected chi connectivity index (χ0v) is 13.6. The number of ether oxygens (including phenoxy) is 1. The number of hydrogen-bond acceptors (Lipinski definition) is 4. The van der Waals surface area contributed by atoms with Crippen molar-refractivity contribution in [1.82, 2.24) is 5.32 Å². The molecule has 0 bridgehead atoms. The summed E-state index contributed by atoms with van der Waals surface area (Å²) < 4.78 is 5.48. The third-order valence-electron chi connectivity index (χ3n) is 3.77. The molecule has 3 unspecified atom stereocenters. The van der Waals surface area contributed by atoms with Crippen LogP contribution in [0.2, 0.25) is 0 Å². The first-order valence-electron chi connectivity index (χ1n) is 8.21. The fourth-order valence-electron chi connectivity index (χ4n) is 1.94. The molecule has 3 atom stereocenters. The monoisotopic (exact) mass is 289 g/mol. The highest BCUT2D eigenvalue weighted by Crippen LogP contribution is 2.05. The summed E-state index contributed by atoms with van der Waals surface area (Å²) in [5.41, 5.74) is 0.